The number of fused-ring (bicyclic) bond motifs is 2. The molecule has 10 heteroatoms. The standard InChI is InChI=1S/C37H34N4O5S/c38-35(39)30-16-8-11-26(19-30)20-33(40-47(44,45)32-18-17-27-12-4-5-13-28(27)21-32)36(42)41-23-31-15-7-6-14-29(31)22-34(41)37(43)46-24-25-9-2-1-3-10-25/h1-19,21,33-34,40H,20,22-24H2,(H3,38,39). The van der Waals surface area contributed by atoms with Crippen molar-refractivity contribution in [2.45, 2.75) is 43.0 Å². The fraction of sp³-hybridized carbons (Fsp3) is 0.162. The summed E-state index contributed by atoms with van der Waals surface area (Å²) in [5.41, 5.74) is 9.35. The lowest BCUT2D eigenvalue weighted by molar-refractivity contribution is -0.158. The lowest BCUT2D eigenvalue weighted by Gasteiger charge is -2.37. The molecule has 4 N–H and O–H groups in total. The van der Waals surface area contributed by atoms with Crippen LogP contribution in [0.25, 0.3) is 10.8 Å². The van der Waals surface area contributed by atoms with E-state index in [9.17, 15) is 18.0 Å². The van der Waals surface area contributed by atoms with Gasteiger partial charge in [0.05, 0.1) is 4.90 Å². The molecule has 0 saturated carbocycles. The summed E-state index contributed by atoms with van der Waals surface area (Å²) in [4.78, 5) is 29.6. The smallest absolute Gasteiger partial charge is 0.329 e. The van der Waals surface area contributed by atoms with E-state index in [2.05, 4.69) is 4.72 Å². The molecule has 0 spiro atoms. The minimum Gasteiger partial charge on any atom is -0.459 e. The van der Waals surface area contributed by atoms with Crippen LogP contribution in [-0.2, 0) is 50.3 Å². The Balaban J connectivity index is 1.35. The molecule has 1 amide bonds. The number of sulfonamides is 1. The number of hydrogen-bond donors (Lipinski definition) is 3. The number of carbonyl (C=O) groups is 2. The van der Waals surface area contributed by atoms with E-state index in [1.807, 2.05) is 78.9 Å². The normalized spacial score (nSPS) is 15.1. The van der Waals surface area contributed by atoms with E-state index < -0.39 is 34.0 Å². The molecule has 9 nitrogen and oxygen atoms in total. The van der Waals surface area contributed by atoms with Gasteiger partial charge in [0.15, 0.2) is 0 Å². The van der Waals surface area contributed by atoms with Gasteiger partial charge >= 0.3 is 5.97 Å². The molecular weight excluding hydrogens is 612 g/mol. The van der Waals surface area contributed by atoms with Crippen molar-refractivity contribution in [3.05, 3.63) is 149 Å². The van der Waals surface area contributed by atoms with Crippen molar-refractivity contribution >= 4 is 38.5 Å². The van der Waals surface area contributed by atoms with Crippen molar-refractivity contribution in [1.82, 2.24) is 9.62 Å². The van der Waals surface area contributed by atoms with Crippen LogP contribution < -0.4 is 10.5 Å². The van der Waals surface area contributed by atoms with Crippen LogP contribution in [0.1, 0.15) is 27.8 Å². The van der Waals surface area contributed by atoms with Crippen molar-refractivity contribution < 1.29 is 22.7 Å². The van der Waals surface area contributed by atoms with Crippen molar-refractivity contribution in [1.29, 1.82) is 5.41 Å². The maximum absolute atomic E-state index is 14.6. The Labute approximate surface area is 273 Å². The first-order valence-corrected chi connectivity index (χ1v) is 16.7. The second-order valence-corrected chi connectivity index (χ2v) is 13.3. The van der Waals surface area contributed by atoms with Crippen LogP contribution >= 0.6 is 0 Å². The maximum atomic E-state index is 14.6. The number of benzene rings is 5. The highest BCUT2D eigenvalue weighted by molar-refractivity contribution is 7.89. The van der Waals surface area contributed by atoms with Crippen molar-refractivity contribution in [2.24, 2.45) is 5.73 Å². The molecule has 2 atom stereocenters. The van der Waals surface area contributed by atoms with Gasteiger partial charge in [0.25, 0.3) is 0 Å². The molecule has 0 saturated heterocycles. The number of nitrogen functional groups attached to an aromatic ring is 1. The Morgan fingerprint density at radius 2 is 1.51 bits per heavy atom. The molecular formula is C37H34N4O5S. The molecule has 0 radical (unpaired) electrons. The highest BCUT2D eigenvalue weighted by Crippen LogP contribution is 2.27. The second kappa shape index (κ2) is 13.6. The molecule has 0 aromatic heterocycles. The first-order chi connectivity index (χ1) is 22.7. The highest BCUT2D eigenvalue weighted by Gasteiger charge is 2.39. The molecule has 238 valence electrons. The first-order valence-electron chi connectivity index (χ1n) is 15.2. The van der Waals surface area contributed by atoms with Crippen LogP contribution in [0.3, 0.4) is 0 Å². The number of amides is 1. The highest BCUT2D eigenvalue weighted by atomic mass is 32.2. The summed E-state index contributed by atoms with van der Waals surface area (Å²) in [5.74, 6) is -1.30. The van der Waals surface area contributed by atoms with Gasteiger partial charge in [0, 0.05) is 18.5 Å². The molecule has 0 fully saturated rings. The molecule has 5 aromatic rings. The molecule has 5 aromatic carbocycles. The maximum Gasteiger partial charge on any atom is 0.329 e. The third-order valence-corrected chi connectivity index (χ3v) is 9.80. The van der Waals surface area contributed by atoms with Gasteiger partial charge in [-0.3, -0.25) is 10.2 Å². The van der Waals surface area contributed by atoms with E-state index in [4.69, 9.17) is 15.9 Å². The molecule has 2 unspecified atom stereocenters. The fourth-order valence-electron chi connectivity index (χ4n) is 5.86. The summed E-state index contributed by atoms with van der Waals surface area (Å²) in [6.45, 7) is 0.136. The van der Waals surface area contributed by atoms with Gasteiger partial charge in [-0.1, -0.05) is 103 Å². The Hall–Kier alpha value is -5.32. The fourth-order valence-corrected chi connectivity index (χ4v) is 7.09. The van der Waals surface area contributed by atoms with Crippen molar-refractivity contribution in [2.75, 3.05) is 0 Å². The summed E-state index contributed by atoms with van der Waals surface area (Å²) in [7, 11) is -4.21. The van der Waals surface area contributed by atoms with Gasteiger partial charge in [-0.25, -0.2) is 13.2 Å². The van der Waals surface area contributed by atoms with Crippen LogP contribution in [0.15, 0.2) is 126 Å². The summed E-state index contributed by atoms with van der Waals surface area (Å²) in [5, 5.41) is 9.48. The molecule has 1 aliphatic rings. The predicted molar refractivity (Wildman–Crippen MR) is 180 cm³/mol. The zero-order valence-corrected chi connectivity index (χ0v) is 26.3. The van der Waals surface area contributed by atoms with E-state index in [0.717, 1.165) is 27.5 Å². The zero-order chi connectivity index (χ0) is 33.0. The summed E-state index contributed by atoms with van der Waals surface area (Å²) >= 11 is 0. The summed E-state index contributed by atoms with van der Waals surface area (Å²) in [6.07, 6.45) is 0.177. The average molecular weight is 647 g/mol. The number of ether oxygens (including phenoxy) is 1. The number of carbonyl (C=O) groups excluding carboxylic acids is 2. The van der Waals surface area contributed by atoms with E-state index in [1.54, 1.807) is 36.4 Å². The molecule has 1 aliphatic heterocycles. The predicted octanol–water partition coefficient (Wildman–Crippen LogP) is 4.71. The van der Waals surface area contributed by atoms with Crippen molar-refractivity contribution in [3.8, 4) is 0 Å². The van der Waals surface area contributed by atoms with Crippen molar-refractivity contribution in [3.63, 3.8) is 0 Å². The number of nitrogens with zero attached hydrogens (tertiary/aromatic N) is 1. The summed E-state index contributed by atoms with van der Waals surface area (Å²) in [6, 6.07) is 33.5. The van der Waals surface area contributed by atoms with Gasteiger partial charge < -0.3 is 15.4 Å². The van der Waals surface area contributed by atoms with Crippen LogP contribution in [0.4, 0.5) is 0 Å². The quantitative estimate of drug-likeness (QED) is 0.114. The van der Waals surface area contributed by atoms with Crippen LogP contribution in [-0.4, -0.2) is 43.1 Å². The number of nitrogens with two attached hydrogens (primary N) is 1. The van der Waals surface area contributed by atoms with E-state index in [1.165, 1.54) is 11.0 Å². The molecule has 47 heavy (non-hydrogen) atoms. The largest absolute Gasteiger partial charge is 0.459 e. The van der Waals surface area contributed by atoms with Gasteiger partial charge in [-0.2, -0.15) is 4.72 Å². The average Bonchev–Trinajstić information content (AvgIpc) is 3.09. The Morgan fingerprint density at radius 3 is 2.28 bits per heavy atom. The number of rotatable bonds is 10. The van der Waals surface area contributed by atoms with E-state index in [0.29, 0.717) is 11.1 Å². The molecule has 1 heterocycles. The third-order valence-electron chi connectivity index (χ3n) is 8.33. The minimum absolute atomic E-state index is 0.00861. The van der Waals surface area contributed by atoms with Gasteiger partial charge in [-0.05, 0) is 57.6 Å². The lowest BCUT2D eigenvalue weighted by atomic mass is 9.92. The third kappa shape index (κ3) is 7.24. The molecule has 6 rings (SSSR count). The number of hydrogen-bond acceptors (Lipinski definition) is 6. The molecule has 0 bridgehead atoms. The Bertz CT molecular complexity index is 2070. The van der Waals surface area contributed by atoms with Crippen LogP contribution in [0.5, 0.6) is 0 Å². The monoisotopic (exact) mass is 646 g/mol. The van der Waals surface area contributed by atoms with Gasteiger partial charge in [0.1, 0.15) is 24.5 Å². The van der Waals surface area contributed by atoms with Gasteiger partial charge in [0.2, 0.25) is 15.9 Å². The number of esters is 1. The Kier molecular flexibility index (Phi) is 9.15. The SMILES string of the molecule is N=C(N)c1cccc(CC(NS(=O)(=O)c2ccc3ccccc3c2)C(=O)N2Cc3ccccc3CC2C(=O)OCc2ccccc2)c1. The van der Waals surface area contributed by atoms with E-state index in [-0.39, 0.29) is 36.7 Å². The molecule has 0 aliphatic carbocycles. The summed E-state index contributed by atoms with van der Waals surface area (Å²) < 4.78 is 36.1. The topological polar surface area (TPSA) is 143 Å². The number of nitrogens with one attached hydrogen (secondary N) is 2. The zero-order valence-electron chi connectivity index (χ0n) is 25.5. The first kappa shape index (κ1) is 31.7. The Morgan fingerprint density at radius 1 is 0.830 bits per heavy atom. The van der Waals surface area contributed by atoms with Crippen LogP contribution in [0.2, 0.25) is 0 Å². The van der Waals surface area contributed by atoms with Gasteiger partial charge in [-0.15, -0.1) is 0 Å². The van der Waals surface area contributed by atoms with E-state index >= 15 is 0 Å². The second-order valence-electron chi connectivity index (χ2n) is 11.5. The minimum atomic E-state index is -4.21. The number of amidine groups is 1. The van der Waals surface area contributed by atoms with Crippen LogP contribution in [0, 0.1) is 5.41 Å². The lowest BCUT2D eigenvalue weighted by Crippen LogP contribution is -2.56.